The Hall–Kier alpha value is -2.35. The topological polar surface area (TPSA) is 70.1 Å². The van der Waals surface area contributed by atoms with Gasteiger partial charge in [0.1, 0.15) is 12.2 Å². The van der Waals surface area contributed by atoms with Crippen molar-refractivity contribution < 1.29 is 9.32 Å². The van der Waals surface area contributed by atoms with Gasteiger partial charge in [-0.1, -0.05) is 24.2 Å². The Bertz CT molecular complexity index is 612. The van der Waals surface area contributed by atoms with E-state index in [4.69, 9.17) is 9.78 Å². The lowest BCUT2D eigenvalue weighted by molar-refractivity contribution is -0.130. The van der Waals surface area contributed by atoms with E-state index in [0.717, 1.165) is 11.8 Å². The van der Waals surface area contributed by atoms with Crippen LogP contribution in [0.5, 0.6) is 0 Å². The Morgan fingerprint density at radius 2 is 2.26 bits per heavy atom. The Morgan fingerprint density at radius 3 is 3.00 bits per heavy atom. The SMILES string of the molecule is CCCN(CC#N)C(=O)Cc1noc2ccccc12. The van der Waals surface area contributed by atoms with Crippen LogP contribution < -0.4 is 0 Å². The van der Waals surface area contributed by atoms with Crippen molar-refractivity contribution >= 4 is 16.9 Å². The zero-order valence-electron chi connectivity index (χ0n) is 10.8. The normalized spacial score (nSPS) is 10.3. The van der Waals surface area contributed by atoms with E-state index in [9.17, 15) is 4.79 Å². The zero-order chi connectivity index (χ0) is 13.7. The van der Waals surface area contributed by atoms with Crippen LogP contribution >= 0.6 is 0 Å². The van der Waals surface area contributed by atoms with E-state index in [-0.39, 0.29) is 18.9 Å². The summed E-state index contributed by atoms with van der Waals surface area (Å²) in [5, 5.41) is 13.5. The Balaban J connectivity index is 2.16. The smallest absolute Gasteiger partial charge is 0.229 e. The van der Waals surface area contributed by atoms with Gasteiger partial charge in [-0.25, -0.2) is 0 Å². The maximum atomic E-state index is 12.1. The second-order valence-corrected chi connectivity index (χ2v) is 4.28. The summed E-state index contributed by atoms with van der Waals surface area (Å²) in [6.07, 6.45) is 0.992. The van der Waals surface area contributed by atoms with Gasteiger partial charge in [0, 0.05) is 11.9 Å². The number of carbonyl (C=O) groups is 1. The Labute approximate surface area is 111 Å². The summed E-state index contributed by atoms with van der Waals surface area (Å²) in [6, 6.07) is 9.45. The first-order chi connectivity index (χ1) is 9.26. The molecule has 0 aliphatic carbocycles. The predicted molar refractivity (Wildman–Crippen MR) is 70.2 cm³/mol. The van der Waals surface area contributed by atoms with E-state index in [1.165, 1.54) is 0 Å². The van der Waals surface area contributed by atoms with Crippen LogP contribution in [0.25, 0.3) is 11.0 Å². The molecule has 0 fully saturated rings. The number of fused-ring (bicyclic) bond motifs is 1. The van der Waals surface area contributed by atoms with Gasteiger partial charge in [0.05, 0.1) is 12.5 Å². The highest BCUT2D eigenvalue weighted by atomic mass is 16.5. The van der Waals surface area contributed by atoms with Crippen LogP contribution in [0.3, 0.4) is 0 Å². The summed E-state index contributed by atoms with van der Waals surface area (Å²) < 4.78 is 5.16. The van der Waals surface area contributed by atoms with Crippen molar-refractivity contribution in [3.63, 3.8) is 0 Å². The maximum Gasteiger partial charge on any atom is 0.229 e. The maximum absolute atomic E-state index is 12.1. The molecule has 0 saturated carbocycles. The molecule has 98 valence electrons. The number of nitriles is 1. The quantitative estimate of drug-likeness (QED) is 0.769. The molecule has 2 aromatic rings. The predicted octanol–water partition coefficient (Wildman–Crippen LogP) is 2.13. The molecule has 0 aliphatic rings. The molecule has 1 aromatic carbocycles. The number of aromatic nitrogens is 1. The number of hydrogen-bond donors (Lipinski definition) is 0. The van der Waals surface area contributed by atoms with Gasteiger partial charge in [-0.05, 0) is 18.6 Å². The largest absolute Gasteiger partial charge is 0.356 e. The first-order valence-corrected chi connectivity index (χ1v) is 6.24. The minimum absolute atomic E-state index is 0.0950. The Kier molecular flexibility index (Phi) is 4.14. The van der Waals surface area contributed by atoms with Gasteiger partial charge in [-0.15, -0.1) is 0 Å². The molecule has 0 radical (unpaired) electrons. The van der Waals surface area contributed by atoms with Crippen molar-refractivity contribution in [2.75, 3.05) is 13.1 Å². The zero-order valence-corrected chi connectivity index (χ0v) is 10.8. The molecule has 1 amide bonds. The summed E-state index contributed by atoms with van der Waals surface area (Å²) in [5.74, 6) is -0.0950. The van der Waals surface area contributed by atoms with Gasteiger partial charge < -0.3 is 9.42 Å². The molecule has 19 heavy (non-hydrogen) atoms. The number of nitrogens with zero attached hydrogens (tertiary/aromatic N) is 3. The number of amides is 1. The molecule has 0 N–H and O–H groups in total. The molecule has 0 aliphatic heterocycles. The molecule has 0 spiro atoms. The number of hydrogen-bond acceptors (Lipinski definition) is 4. The van der Waals surface area contributed by atoms with Gasteiger partial charge in [0.25, 0.3) is 0 Å². The van der Waals surface area contributed by atoms with E-state index >= 15 is 0 Å². The van der Waals surface area contributed by atoms with Crippen molar-refractivity contribution in [3.05, 3.63) is 30.0 Å². The summed E-state index contributed by atoms with van der Waals surface area (Å²) in [6.45, 7) is 2.67. The van der Waals surface area contributed by atoms with Crippen LogP contribution in [-0.2, 0) is 11.2 Å². The van der Waals surface area contributed by atoms with Crippen LogP contribution in [-0.4, -0.2) is 29.1 Å². The minimum Gasteiger partial charge on any atom is -0.356 e. The lowest BCUT2D eigenvalue weighted by atomic mass is 10.1. The van der Waals surface area contributed by atoms with Crippen molar-refractivity contribution in [3.8, 4) is 6.07 Å². The van der Waals surface area contributed by atoms with Crippen LogP contribution in [0.2, 0.25) is 0 Å². The van der Waals surface area contributed by atoms with Crippen molar-refractivity contribution in [1.82, 2.24) is 10.1 Å². The highest BCUT2D eigenvalue weighted by Crippen LogP contribution is 2.18. The van der Waals surface area contributed by atoms with E-state index in [0.29, 0.717) is 17.8 Å². The molecule has 2 rings (SSSR count). The van der Waals surface area contributed by atoms with Crippen molar-refractivity contribution in [2.45, 2.75) is 19.8 Å². The third kappa shape index (κ3) is 2.91. The first kappa shape index (κ1) is 13.1. The number of benzene rings is 1. The van der Waals surface area contributed by atoms with Crippen molar-refractivity contribution in [2.24, 2.45) is 0 Å². The second kappa shape index (κ2) is 6.01. The first-order valence-electron chi connectivity index (χ1n) is 6.24. The molecule has 1 aromatic heterocycles. The third-order valence-electron chi connectivity index (χ3n) is 2.88. The van der Waals surface area contributed by atoms with E-state index < -0.39 is 0 Å². The summed E-state index contributed by atoms with van der Waals surface area (Å²) in [4.78, 5) is 13.7. The third-order valence-corrected chi connectivity index (χ3v) is 2.88. The van der Waals surface area contributed by atoms with Gasteiger partial charge in [-0.2, -0.15) is 5.26 Å². The molecule has 0 atom stereocenters. The van der Waals surface area contributed by atoms with Gasteiger partial charge in [-0.3, -0.25) is 4.79 Å². The van der Waals surface area contributed by atoms with E-state index in [1.807, 2.05) is 37.3 Å². The fourth-order valence-electron chi connectivity index (χ4n) is 1.97. The summed E-state index contributed by atoms with van der Waals surface area (Å²) >= 11 is 0. The second-order valence-electron chi connectivity index (χ2n) is 4.28. The van der Waals surface area contributed by atoms with Crippen molar-refractivity contribution in [1.29, 1.82) is 5.26 Å². The molecule has 0 bridgehead atoms. The number of carbonyl (C=O) groups excluding carboxylic acids is 1. The number of para-hydroxylation sites is 1. The molecule has 1 heterocycles. The summed E-state index contributed by atoms with van der Waals surface area (Å²) in [5.41, 5.74) is 1.30. The lowest BCUT2D eigenvalue weighted by Gasteiger charge is -2.17. The summed E-state index contributed by atoms with van der Waals surface area (Å²) in [7, 11) is 0. The number of rotatable bonds is 5. The van der Waals surface area contributed by atoms with Crippen LogP contribution in [0.15, 0.2) is 28.8 Å². The Morgan fingerprint density at radius 1 is 1.47 bits per heavy atom. The molecular formula is C14H15N3O2. The van der Waals surface area contributed by atoms with Crippen LogP contribution in [0.1, 0.15) is 19.0 Å². The van der Waals surface area contributed by atoms with Crippen LogP contribution in [0.4, 0.5) is 0 Å². The standard InChI is InChI=1S/C14H15N3O2/c1-2-8-17(9-7-15)14(18)10-12-11-5-3-4-6-13(11)19-16-12/h3-6H,2,8-10H2,1H3. The molecule has 5 heteroatoms. The molecule has 5 nitrogen and oxygen atoms in total. The van der Waals surface area contributed by atoms with Gasteiger partial charge in [0.2, 0.25) is 5.91 Å². The van der Waals surface area contributed by atoms with Crippen LogP contribution in [0, 0.1) is 11.3 Å². The molecular weight excluding hydrogens is 242 g/mol. The van der Waals surface area contributed by atoms with E-state index in [1.54, 1.807) is 4.90 Å². The highest BCUT2D eigenvalue weighted by Gasteiger charge is 2.17. The van der Waals surface area contributed by atoms with E-state index in [2.05, 4.69) is 5.16 Å². The lowest BCUT2D eigenvalue weighted by Crippen LogP contribution is -2.33. The fraction of sp³-hybridized carbons (Fsp3) is 0.357. The minimum atomic E-state index is -0.0950. The molecule has 0 unspecified atom stereocenters. The average molecular weight is 257 g/mol. The highest BCUT2D eigenvalue weighted by molar-refractivity contribution is 5.86. The fourth-order valence-corrected chi connectivity index (χ4v) is 1.97. The monoisotopic (exact) mass is 257 g/mol. The van der Waals surface area contributed by atoms with Gasteiger partial charge in [0.15, 0.2) is 5.58 Å². The molecule has 0 saturated heterocycles. The van der Waals surface area contributed by atoms with Gasteiger partial charge >= 0.3 is 0 Å². The average Bonchev–Trinajstić information content (AvgIpc) is 2.82.